The number of sulfonamides is 1. The van der Waals surface area contributed by atoms with Crippen LogP contribution in [0.1, 0.15) is 17.9 Å². The number of benzene rings is 2. The van der Waals surface area contributed by atoms with Crippen LogP contribution in [-0.4, -0.2) is 51.5 Å². The third kappa shape index (κ3) is 3.95. The summed E-state index contributed by atoms with van der Waals surface area (Å²) in [6, 6.07) is 6.05. The van der Waals surface area contributed by atoms with Crippen molar-refractivity contribution in [3.8, 4) is 11.5 Å². The number of para-hydroxylation sites is 1. The van der Waals surface area contributed by atoms with E-state index in [0.29, 0.717) is 17.4 Å². The summed E-state index contributed by atoms with van der Waals surface area (Å²) in [5.41, 5.74) is 0.580. The molecule has 2 aromatic carbocycles. The molecule has 1 aliphatic carbocycles. The zero-order valence-electron chi connectivity index (χ0n) is 16.2. The third-order valence-corrected chi connectivity index (χ3v) is 6.85. The lowest BCUT2D eigenvalue weighted by Crippen LogP contribution is -2.43. The Balaban J connectivity index is 1.62. The number of ether oxygens (including phenoxy) is 3. The number of aliphatic hydroxyl groups excluding tert-OH is 1. The van der Waals surface area contributed by atoms with Gasteiger partial charge in [-0.25, -0.2) is 26.7 Å². The number of hydrogen-bond donors (Lipinski definition) is 2. The van der Waals surface area contributed by atoms with Crippen molar-refractivity contribution >= 4 is 16.0 Å². The summed E-state index contributed by atoms with van der Waals surface area (Å²) in [5, 5.41) is 10.5. The molecule has 1 heterocycles. The average Bonchev–Trinajstić information content (AvgIpc) is 3.21. The van der Waals surface area contributed by atoms with Crippen LogP contribution in [-0.2, 0) is 19.6 Å². The van der Waals surface area contributed by atoms with Crippen LogP contribution in [0.2, 0.25) is 0 Å². The maximum atomic E-state index is 14.1. The Hall–Kier alpha value is -2.76. The maximum absolute atomic E-state index is 14.1. The van der Waals surface area contributed by atoms with Gasteiger partial charge in [0.25, 0.3) is 0 Å². The van der Waals surface area contributed by atoms with Gasteiger partial charge in [-0.15, -0.1) is 0 Å². The molecule has 1 fully saturated rings. The summed E-state index contributed by atoms with van der Waals surface area (Å²) in [6.45, 7) is -0.339. The molecule has 31 heavy (non-hydrogen) atoms. The topological polar surface area (TPSA) is 111 Å². The van der Waals surface area contributed by atoms with Gasteiger partial charge in [0, 0.05) is 24.0 Å². The van der Waals surface area contributed by atoms with E-state index in [1.54, 1.807) is 18.2 Å². The second kappa shape index (κ2) is 8.06. The molecular formula is C20H19F2NO7S. The van der Waals surface area contributed by atoms with Crippen LogP contribution in [0.3, 0.4) is 0 Å². The largest absolute Gasteiger partial charge is 0.485 e. The number of hydrogen-bond acceptors (Lipinski definition) is 7. The summed E-state index contributed by atoms with van der Waals surface area (Å²) >= 11 is 0. The Kier molecular flexibility index (Phi) is 5.58. The second-order valence-corrected chi connectivity index (χ2v) is 8.93. The first-order chi connectivity index (χ1) is 14.7. The molecule has 8 nitrogen and oxygen atoms in total. The van der Waals surface area contributed by atoms with Crippen LogP contribution >= 0.6 is 0 Å². The van der Waals surface area contributed by atoms with Gasteiger partial charge in [0.1, 0.15) is 22.6 Å². The molecule has 4 rings (SSSR count). The molecule has 0 radical (unpaired) electrons. The Morgan fingerprint density at radius 3 is 2.77 bits per heavy atom. The van der Waals surface area contributed by atoms with Gasteiger partial charge in [-0.1, -0.05) is 12.1 Å². The first-order valence-corrected chi connectivity index (χ1v) is 10.8. The van der Waals surface area contributed by atoms with Gasteiger partial charge in [-0.3, -0.25) is 0 Å². The van der Waals surface area contributed by atoms with Crippen molar-refractivity contribution in [3.05, 3.63) is 53.6 Å². The molecular weight excluding hydrogens is 436 g/mol. The molecule has 2 aliphatic rings. The van der Waals surface area contributed by atoms with Crippen LogP contribution < -0.4 is 14.2 Å². The molecule has 1 saturated carbocycles. The van der Waals surface area contributed by atoms with Gasteiger partial charge in [-0.05, 0) is 18.2 Å². The zero-order valence-corrected chi connectivity index (χ0v) is 17.1. The number of esters is 1. The molecule has 0 amide bonds. The van der Waals surface area contributed by atoms with E-state index in [9.17, 15) is 27.1 Å². The molecule has 11 heteroatoms. The van der Waals surface area contributed by atoms with Gasteiger partial charge in [0.15, 0.2) is 18.1 Å². The highest BCUT2D eigenvalue weighted by atomic mass is 32.2. The smallest absolute Gasteiger partial charge is 0.343 e. The minimum atomic E-state index is -4.40. The van der Waals surface area contributed by atoms with Gasteiger partial charge < -0.3 is 19.3 Å². The number of carbonyl (C=O) groups is 1. The van der Waals surface area contributed by atoms with Crippen LogP contribution in [0, 0.1) is 11.6 Å². The van der Waals surface area contributed by atoms with Crippen molar-refractivity contribution in [3.63, 3.8) is 0 Å². The van der Waals surface area contributed by atoms with Gasteiger partial charge in [0.2, 0.25) is 10.0 Å². The molecule has 4 atom stereocenters. The summed E-state index contributed by atoms with van der Waals surface area (Å²) in [6.07, 6.45) is -1.53. The van der Waals surface area contributed by atoms with Crippen molar-refractivity contribution in [2.75, 3.05) is 13.7 Å². The summed E-state index contributed by atoms with van der Waals surface area (Å²) in [4.78, 5) is 10.6. The maximum Gasteiger partial charge on any atom is 0.343 e. The molecule has 2 N–H and O–H groups in total. The number of carbonyl (C=O) groups excluding carboxylic acids is 1. The normalized spacial score (nSPS) is 24.3. The minimum absolute atomic E-state index is 0.120. The highest BCUT2D eigenvalue weighted by Gasteiger charge is 2.51. The quantitative estimate of drug-likeness (QED) is 0.635. The molecule has 1 aliphatic heterocycles. The summed E-state index contributed by atoms with van der Waals surface area (Å²) in [5.74, 6) is -2.69. The van der Waals surface area contributed by atoms with E-state index in [1.165, 1.54) is 7.11 Å². The van der Waals surface area contributed by atoms with E-state index in [1.807, 2.05) is 0 Å². The fourth-order valence-corrected chi connectivity index (χ4v) is 5.34. The van der Waals surface area contributed by atoms with Crippen molar-refractivity contribution in [2.24, 2.45) is 0 Å². The van der Waals surface area contributed by atoms with Gasteiger partial charge >= 0.3 is 5.97 Å². The molecule has 4 unspecified atom stereocenters. The SMILES string of the molecule is COC(=O)COc1cccc2c1OC1CC(O)C(NS(=O)(=O)c3ccc(F)cc3F)C21. The number of aliphatic hydroxyl groups is 1. The van der Waals surface area contributed by atoms with Crippen LogP contribution in [0.4, 0.5) is 8.78 Å². The molecule has 0 aromatic heterocycles. The highest BCUT2D eigenvalue weighted by Crippen LogP contribution is 2.51. The first-order valence-electron chi connectivity index (χ1n) is 9.36. The third-order valence-electron chi connectivity index (χ3n) is 5.36. The predicted molar refractivity (Wildman–Crippen MR) is 102 cm³/mol. The summed E-state index contributed by atoms with van der Waals surface area (Å²) in [7, 11) is -3.17. The highest BCUT2D eigenvalue weighted by molar-refractivity contribution is 7.89. The number of rotatable bonds is 6. The minimum Gasteiger partial charge on any atom is -0.485 e. The van der Waals surface area contributed by atoms with Gasteiger partial charge in [0.05, 0.1) is 19.3 Å². The Labute approximate surface area is 176 Å². The van der Waals surface area contributed by atoms with Crippen LogP contribution in [0.15, 0.2) is 41.3 Å². The number of methoxy groups -OCH3 is 1. The average molecular weight is 455 g/mol. The Morgan fingerprint density at radius 2 is 2.06 bits per heavy atom. The number of fused-ring (bicyclic) bond motifs is 3. The lowest BCUT2D eigenvalue weighted by molar-refractivity contribution is -0.142. The fraction of sp³-hybridized carbons (Fsp3) is 0.350. The Bertz CT molecular complexity index is 1120. The standard InChI is InChI=1S/C20H19F2NO7S/c1-28-17(25)9-29-14-4-2-3-11-18-15(30-20(11)14)8-13(24)19(18)23-31(26,27)16-6-5-10(21)7-12(16)22/h2-7,13,15,18-19,23-24H,8-9H2,1H3. The van der Waals surface area contributed by atoms with E-state index in [4.69, 9.17) is 9.47 Å². The molecule has 0 saturated heterocycles. The molecule has 0 bridgehead atoms. The lowest BCUT2D eigenvalue weighted by atomic mass is 9.94. The van der Waals surface area contributed by atoms with Crippen LogP contribution in [0.5, 0.6) is 11.5 Å². The molecule has 2 aromatic rings. The second-order valence-electron chi connectivity index (χ2n) is 7.25. The number of nitrogens with one attached hydrogen (secondary N) is 1. The lowest BCUT2D eigenvalue weighted by Gasteiger charge is -2.22. The first kappa shape index (κ1) is 21.5. The van der Waals surface area contributed by atoms with E-state index in [-0.39, 0.29) is 18.8 Å². The predicted octanol–water partition coefficient (Wildman–Crippen LogP) is 1.47. The van der Waals surface area contributed by atoms with Crippen molar-refractivity contribution in [1.29, 1.82) is 0 Å². The van der Waals surface area contributed by atoms with Gasteiger partial charge in [-0.2, -0.15) is 0 Å². The number of halogens is 2. The Morgan fingerprint density at radius 1 is 1.29 bits per heavy atom. The molecule has 0 spiro atoms. The van der Waals surface area contributed by atoms with E-state index < -0.39 is 56.7 Å². The summed E-state index contributed by atoms with van der Waals surface area (Å²) < 4.78 is 70.9. The monoisotopic (exact) mass is 455 g/mol. The van der Waals surface area contributed by atoms with E-state index in [2.05, 4.69) is 9.46 Å². The van der Waals surface area contributed by atoms with E-state index >= 15 is 0 Å². The fourth-order valence-electron chi connectivity index (χ4n) is 3.99. The van der Waals surface area contributed by atoms with E-state index in [0.717, 1.165) is 12.1 Å². The zero-order chi connectivity index (χ0) is 22.3. The van der Waals surface area contributed by atoms with Crippen molar-refractivity contribution in [1.82, 2.24) is 4.72 Å². The van der Waals surface area contributed by atoms with Crippen LogP contribution in [0.25, 0.3) is 0 Å². The van der Waals surface area contributed by atoms with Crippen molar-refractivity contribution in [2.45, 2.75) is 35.5 Å². The molecule has 166 valence electrons. The van der Waals surface area contributed by atoms with Crippen molar-refractivity contribution < 1.29 is 41.3 Å².